The number of nitro benzene ring substituents is 1. The van der Waals surface area contributed by atoms with E-state index in [0.717, 1.165) is 12.1 Å². The van der Waals surface area contributed by atoms with Gasteiger partial charge in [-0.3, -0.25) is 14.9 Å². The molecule has 0 saturated heterocycles. The fourth-order valence-electron chi connectivity index (χ4n) is 1.50. The number of nitro groups is 1. The standard InChI is InChI=1S/C12H15FN2O5/c1-12(14,11(16)17)6-3-7-20-10-8(13)4-2-5-9(10)15(18)19/h2,4-5H,3,6-7,14H2,1H3,(H,16,17). The number of carboxylic acid groups (broad SMARTS) is 1. The highest BCUT2D eigenvalue weighted by molar-refractivity contribution is 5.77. The summed E-state index contributed by atoms with van der Waals surface area (Å²) in [5.41, 5.74) is 3.62. The lowest BCUT2D eigenvalue weighted by atomic mass is 9.98. The van der Waals surface area contributed by atoms with Crippen LogP contribution in [0.15, 0.2) is 18.2 Å². The Hall–Kier alpha value is -2.22. The molecular formula is C12H15FN2O5. The Labute approximate surface area is 114 Å². The van der Waals surface area contributed by atoms with Crippen LogP contribution in [-0.4, -0.2) is 28.1 Å². The van der Waals surface area contributed by atoms with Crippen LogP contribution in [0.2, 0.25) is 0 Å². The van der Waals surface area contributed by atoms with Crippen LogP contribution in [0.5, 0.6) is 5.75 Å². The molecule has 1 aromatic carbocycles. The van der Waals surface area contributed by atoms with Crippen molar-refractivity contribution in [1.82, 2.24) is 0 Å². The topological polar surface area (TPSA) is 116 Å². The van der Waals surface area contributed by atoms with E-state index in [-0.39, 0.29) is 19.4 Å². The number of carbonyl (C=O) groups is 1. The van der Waals surface area contributed by atoms with Crippen LogP contribution < -0.4 is 10.5 Å². The zero-order valence-electron chi connectivity index (χ0n) is 10.8. The largest absolute Gasteiger partial charge is 0.485 e. The van der Waals surface area contributed by atoms with Gasteiger partial charge in [0.05, 0.1) is 11.5 Å². The zero-order chi connectivity index (χ0) is 15.3. The maximum Gasteiger partial charge on any atom is 0.323 e. The van der Waals surface area contributed by atoms with E-state index in [2.05, 4.69) is 0 Å². The zero-order valence-corrected chi connectivity index (χ0v) is 10.8. The Morgan fingerprint density at radius 3 is 2.80 bits per heavy atom. The van der Waals surface area contributed by atoms with Gasteiger partial charge in [0.1, 0.15) is 5.54 Å². The monoisotopic (exact) mass is 286 g/mol. The average Bonchev–Trinajstić information content (AvgIpc) is 2.35. The van der Waals surface area contributed by atoms with Crippen molar-refractivity contribution in [3.63, 3.8) is 0 Å². The highest BCUT2D eigenvalue weighted by Gasteiger charge is 2.27. The van der Waals surface area contributed by atoms with E-state index in [1.807, 2.05) is 0 Å². The number of hydrogen-bond donors (Lipinski definition) is 2. The molecule has 110 valence electrons. The van der Waals surface area contributed by atoms with Gasteiger partial charge in [-0.05, 0) is 25.8 Å². The molecule has 8 heteroatoms. The lowest BCUT2D eigenvalue weighted by molar-refractivity contribution is -0.386. The molecule has 0 amide bonds. The van der Waals surface area contributed by atoms with Gasteiger partial charge < -0.3 is 15.6 Å². The van der Waals surface area contributed by atoms with Crippen molar-refractivity contribution in [1.29, 1.82) is 0 Å². The summed E-state index contributed by atoms with van der Waals surface area (Å²) in [5, 5.41) is 19.5. The van der Waals surface area contributed by atoms with Crippen LogP contribution >= 0.6 is 0 Å². The molecule has 0 aliphatic rings. The lowest BCUT2D eigenvalue weighted by Crippen LogP contribution is -2.44. The Bertz CT molecular complexity index is 519. The van der Waals surface area contributed by atoms with Gasteiger partial charge in [0.15, 0.2) is 5.82 Å². The Kier molecular flexibility index (Phi) is 4.98. The summed E-state index contributed by atoms with van der Waals surface area (Å²) in [6, 6.07) is 3.39. The molecule has 0 aromatic heterocycles. The average molecular weight is 286 g/mol. The van der Waals surface area contributed by atoms with Crippen molar-refractivity contribution >= 4 is 11.7 Å². The second-order valence-corrected chi connectivity index (χ2v) is 4.52. The van der Waals surface area contributed by atoms with Crippen molar-refractivity contribution < 1.29 is 24.0 Å². The number of nitrogens with two attached hydrogens (primary N) is 1. The Morgan fingerprint density at radius 1 is 1.60 bits per heavy atom. The highest BCUT2D eigenvalue weighted by Crippen LogP contribution is 2.29. The molecule has 1 rings (SSSR count). The number of benzene rings is 1. The Morgan fingerprint density at radius 2 is 2.25 bits per heavy atom. The number of halogens is 1. The predicted molar refractivity (Wildman–Crippen MR) is 68.0 cm³/mol. The van der Waals surface area contributed by atoms with Gasteiger partial charge in [0.25, 0.3) is 0 Å². The second kappa shape index (κ2) is 6.29. The number of hydrogen-bond acceptors (Lipinski definition) is 5. The molecule has 7 nitrogen and oxygen atoms in total. The molecule has 3 N–H and O–H groups in total. The summed E-state index contributed by atoms with van der Waals surface area (Å²) in [4.78, 5) is 20.7. The fourth-order valence-corrected chi connectivity index (χ4v) is 1.50. The van der Waals surface area contributed by atoms with Crippen molar-refractivity contribution in [2.75, 3.05) is 6.61 Å². The number of nitrogens with zero attached hydrogens (tertiary/aromatic N) is 1. The first-order valence-electron chi connectivity index (χ1n) is 5.83. The van der Waals surface area contributed by atoms with Gasteiger partial charge in [-0.2, -0.15) is 0 Å². The first-order chi connectivity index (χ1) is 9.25. The van der Waals surface area contributed by atoms with Crippen LogP contribution in [0.25, 0.3) is 0 Å². The van der Waals surface area contributed by atoms with Crippen molar-refractivity contribution in [2.24, 2.45) is 5.73 Å². The summed E-state index contributed by atoms with van der Waals surface area (Å²) in [6.45, 7) is 1.28. The molecular weight excluding hydrogens is 271 g/mol. The molecule has 0 heterocycles. The summed E-state index contributed by atoms with van der Waals surface area (Å²) >= 11 is 0. The smallest absolute Gasteiger partial charge is 0.323 e. The summed E-state index contributed by atoms with van der Waals surface area (Å²) in [5.74, 6) is -2.45. The molecule has 1 unspecified atom stereocenters. The van der Waals surface area contributed by atoms with Gasteiger partial charge in [0.2, 0.25) is 5.75 Å². The fraction of sp³-hybridized carbons (Fsp3) is 0.417. The van der Waals surface area contributed by atoms with Crippen molar-refractivity contribution in [2.45, 2.75) is 25.3 Å². The van der Waals surface area contributed by atoms with Crippen LogP contribution in [0.1, 0.15) is 19.8 Å². The SMILES string of the molecule is CC(N)(CCCOc1c(F)cccc1[N+](=O)[O-])C(=O)O. The van der Waals surface area contributed by atoms with Gasteiger partial charge in [-0.1, -0.05) is 6.07 Å². The first-order valence-corrected chi connectivity index (χ1v) is 5.83. The number of aliphatic carboxylic acids is 1. The quantitative estimate of drug-likeness (QED) is 0.447. The molecule has 20 heavy (non-hydrogen) atoms. The number of carboxylic acids is 1. The minimum Gasteiger partial charge on any atom is -0.485 e. The molecule has 0 bridgehead atoms. The summed E-state index contributed by atoms with van der Waals surface area (Å²) < 4.78 is 18.5. The maximum atomic E-state index is 13.5. The van der Waals surface area contributed by atoms with E-state index in [9.17, 15) is 19.3 Å². The van der Waals surface area contributed by atoms with Crippen molar-refractivity contribution in [3.8, 4) is 5.75 Å². The van der Waals surface area contributed by atoms with Gasteiger partial charge in [0, 0.05) is 6.07 Å². The van der Waals surface area contributed by atoms with E-state index in [1.54, 1.807) is 0 Å². The highest BCUT2D eigenvalue weighted by atomic mass is 19.1. The third-order valence-corrected chi connectivity index (χ3v) is 2.72. The summed E-state index contributed by atoms with van der Waals surface area (Å²) in [7, 11) is 0. The van der Waals surface area contributed by atoms with E-state index in [0.29, 0.717) is 0 Å². The van der Waals surface area contributed by atoms with Gasteiger partial charge in [-0.15, -0.1) is 0 Å². The molecule has 0 aliphatic carbocycles. The normalized spacial score (nSPS) is 13.6. The Balaban J connectivity index is 2.63. The lowest BCUT2D eigenvalue weighted by Gasteiger charge is -2.18. The molecule has 0 radical (unpaired) electrons. The van der Waals surface area contributed by atoms with E-state index in [1.165, 1.54) is 13.0 Å². The maximum absolute atomic E-state index is 13.5. The van der Waals surface area contributed by atoms with E-state index in [4.69, 9.17) is 15.6 Å². The second-order valence-electron chi connectivity index (χ2n) is 4.52. The molecule has 1 aromatic rings. The van der Waals surface area contributed by atoms with Crippen molar-refractivity contribution in [3.05, 3.63) is 34.1 Å². The first kappa shape index (κ1) is 15.8. The van der Waals surface area contributed by atoms with Crippen LogP contribution in [-0.2, 0) is 4.79 Å². The van der Waals surface area contributed by atoms with Crippen LogP contribution in [0, 0.1) is 15.9 Å². The minimum absolute atomic E-state index is 0.0676. The number of para-hydroxylation sites is 1. The molecule has 0 spiro atoms. The molecule has 0 saturated carbocycles. The molecule has 0 aliphatic heterocycles. The summed E-state index contributed by atoms with van der Waals surface area (Å²) in [6.07, 6.45) is 0.329. The van der Waals surface area contributed by atoms with Gasteiger partial charge in [-0.25, -0.2) is 4.39 Å². The predicted octanol–water partition coefficient (Wildman–Crippen LogP) is 1.69. The molecule has 1 atom stereocenters. The molecule has 0 fully saturated rings. The number of ether oxygens (including phenoxy) is 1. The number of rotatable bonds is 7. The minimum atomic E-state index is -1.41. The van der Waals surface area contributed by atoms with Gasteiger partial charge >= 0.3 is 11.7 Å². The van der Waals surface area contributed by atoms with Crippen LogP contribution in [0.3, 0.4) is 0 Å². The third-order valence-electron chi connectivity index (χ3n) is 2.72. The van der Waals surface area contributed by atoms with E-state index < -0.39 is 33.7 Å². The van der Waals surface area contributed by atoms with Crippen LogP contribution in [0.4, 0.5) is 10.1 Å². The van der Waals surface area contributed by atoms with E-state index >= 15 is 0 Å². The third kappa shape index (κ3) is 3.89.